The minimum atomic E-state index is -3.54. The molecular weight excluding hydrogens is 254 g/mol. The second-order valence-electron chi connectivity index (χ2n) is 3.92. The molecule has 0 bridgehead atoms. The molecule has 0 unspecified atom stereocenters. The van der Waals surface area contributed by atoms with Crippen LogP contribution >= 0.6 is 0 Å². The van der Waals surface area contributed by atoms with Crippen LogP contribution in [0, 0.1) is 0 Å². The lowest BCUT2D eigenvalue weighted by atomic mass is 10.1. The highest BCUT2D eigenvalue weighted by molar-refractivity contribution is 7.95. The van der Waals surface area contributed by atoms with Crippen molar-refractivity contribution in [3.8, 4) is 0 Å². The molecule has 18 heavy (non-hydrogen) atoms. The van der Waals surface area contributed by atoms with E-state index in [9.17, 15) is 13.2 Å². The highest BCUT2D eigenvalue weighted by Crippen LogP contribution is 2.34. The van der Waals surface area contributed by atoms with Crippen LogP contribution in [-0.2, 0) is 9.84 Å². The number of sulfone groups is 1. The fraction of sp³-hybridized carbons (Fsp3) is 0.250. The predicted octanol–water partition coefficient (Wildman–Crippen LogP) is 1.12. The first-order valence-electron chi connectivity index (χ1n) is 5.51. The molecule has 1 aliphatic heterocycles. The molecule has 0 saturated heterocycles. The summed E-state index contributed by atoms with van der Waals surface area (Å²) in [7, 11) is -3.54. The third kappa shape index (κ3) is 1.93. The van der Waals surface area contributed by atoms with Gasteiger partial charge < -0.3 is 10.4 Å². The standard InChI is InChI=1S/C12H13NO4S/c1-2-13-7-8-6-10-9(12(14)15)4-3-5-11(10)18(8,16)17/h3-6,13H,2,7H2,1H3,(H,14,15). The van der Waals surface area contributed by atoms with Crippen LogP contribution in [-0.4, -0.2) is 32.6 Å². The number of aromatic carboxylic acids is 1. The van der Waals surface area contributed by atoms with E-state index in [1.807, 2.05) is 6.92 Å². The van der Waals surface area contributed by atoms with Crippen molar-refractivity contribution >= 4 is 21.9 Å². The van der Waals surface area contributed by atoms with Gasteiger partial charge in [0.15, 0.2) is 0 Å². The minimum absolute atomic E-state index is 0.0163. The van der Waals surface area contributed by atoms with Crippen molar-refractivity contribution in [2.24, 2.45) is 0 Å². The molecule has 0 amide bonds. The molecule has 0 aromatic heterocycles. The molecule has 2 rings (SSSR count). The largest absolute Gasteiger partial charge is 0.478 e. The van der Waals surface area contributed by atoms with E-state index in [1.54, 1.807) is 0 Å². The maximum absolute atomic E-state index is 12.2. The van der Waals surface area contributed by atoms with Crippen LogP contribution in [0.1, 0.15) is 22.8 Å². The Labute approximate surface area is 105 Å². The van der Waals surface area contributed by atoms with Crippen LogP contribution in [0.25, 0.3) is 6.08 Å². The van der Waals surface area contributed by atoms with E-state index >= 15 is 0 Å². The average molecular weight is 267 g/mol. The Morgan fingerprint density at radius 1 is 1.39 bits per heavy atom. The van der Waals surface area contributed by atoms with Gasteiger partial charge in [-0.1, -0.05) is 13.0 Å². The molecule has 6 heteroatoms. The zero-order valence-corrected chi connectivity index (χ0v) is 10.6. The molecular formula is C12H13NO4S. The number of rotatable bonds is 4. The predicted molar refractivity (Wildman–Crippen MR) is 67.1 cm³/mol. The van der Waals surface area contributed by atoms with Gasteiger partial charge in [-0.3, -0.25) is 0 Å². The quantitative estimate of drug-likeness (QED) is 0.854. The number of likely N-dealkylation sites (N-methyl/N-ethyl adjacent to an activating group) is 1. The Morgan fingerprint density at radius 2 is 2.11 bits per heavy atom. The second kappa shape index (κ2) is 4.55. The number of hydrogen-bond acceptors (Lipinski definition) is 4. The van der Waals surface area contributed by atoms with E-state index in [2.05, 4.69) is 5.32 Å². The molecule has 1 aliphatic rings. The number of carboxylic acids is 1. The van der Waals surface area contributed by atoms with Crippen molar-refractivity contribution < 1.29 is 18.3 Å². The van der Waals surface area contributed by atoms with Crippen LogP contribution in [0.4, 0.5) is 0 Å². The number of fused-ring (bicyclic) bond motifs is 1. The highest BCUT2D eigenvalue weighted by Gasteiger charge is 2.31. The zero-order valence-electron chi connectivity index (χ0n) is 9.80. The fourth-order valence-corrected chi connectivity index (χ4v) is 3.45. The Balaban J connectivity index is 2.56. The number of hydrogen-bond donors (Lipinski definition) is 2. The van der Waals surface area contributed by atoms with Crippen molar-refractivity contribution in [1.29, 1.82) is 0 Å². The Morgan fingerprint density at radius 3 is 2.72 bits per heavy atom. The molecule has 0 spiro atoms. The summed E-state index contributed by atoms with van der Waals surface area (Å²) in [6.45, 7) is 2.74. The van der Waals surface area contributed by atoms with E-state index in [4.69, 9.17) is 5.11 Å². The maximum atomic E-state index is 12.2. The van der Waals surface area contributed by atoms with Gasteiger partial charge in [-0.15, -0.1) is 0 Å². The lowest BCUT2D eigenvalue weighted by Gasteiger charge is -2.04. The SMILES string of the molecule is CCNCC1=Cc2c(C(=O)O)cccc2S1(=O)=O. The third-order valence-corrected chi connectivity index (χ3v) is 4.67. The lowest BCUT2D eigenvalue weighted by Crippen LogP contribution is -2.19. The van der Waals surface area contributed by atoms with Crippen LogP contribution in [0.15, 0.2) is 28.0 Å². The highest BCUT2D eigenvalue weighted by atomic mass is 32.2. The van der Waals surface area contributed by atoms with Crippen LogP contribution in [0.2, 0.25) is 0 Å². The van der Waals surface area contributed by atoms with Crippen molar-refractivity contribution in [1.82, 2.24) is 5.32 Å². The smallest absolute Gasteiger partial charge is 0.336 e. The number of benzene rings is 1. The zero-order chi connectivity index (χ0) is 13.3. The van der Waals surface area contributed by atoms with Gasteiger partial charge in [0.25, 0.3) is 0 Å². The van der Waals surface area contributed by atoms with E-state index < -0.39 is 15.8 Å². The van der Waals surface area contributed by atoms with Gasteiger partial charge in [0.2, 0.25) is 9.84 Å². The molecule has 0 radical (unpaired) electrons. The van der Waals surface area contributed by atoms with E-state index in [-0.39, 0.29) is 27.5 Å². The molecule has 1 aromatic carbocycles. The van der Waals surface area contributed by atoms with Crippen LogP contribution < -0.4 is 5.32 Å². The monoisotopic (exact) mass is 267 g/mol. The normalized spacial score (nSPS) is 16.2. The number of carboxylic acid groups (broad SMARTS) is 1. The van der Waals surface area contributed by atoms with E-state index in [0.29, 0.717) is 6.54 Å². The van der Waals surface area contributed by atoms with E-state index in [0.717, 1.165) is 0 Å². The van der Waals surface area contributed by atoms with Crippen molar-refractivity contribution in [2.45, 2.75) is 11.8 Å². The molecule has 0 fully saturated rings. The Bertz CT molecular complexity index is 631. The average Bonchev–Trinajstić information content (AvgIpc) is 2.58. The topological polar surface area (TPSA) is 83.5 Å². The summed E-state index contributed by atoms with van der Waals surface area (Å²) in [5.74, 6) is -1.12. The molecule has 96 valence electrons. The van der Waals surface area contributed by atoms with Gasteiger partial charge >= 0.3 is 5.97 Å². The minimum Gasteiger partial charge on any atom is -0.478 e. The van der Waals surface area contributed by atoms with Crippen LogP contribution in [0.3, 0.4) is 0 Å². The maximum Gasteiger partial charge on any atom is 0.336 e. The summed E-state index contributed by atoms with van der Waals surface area (Å²) < 4.78 is 24.3. The Kier molecular flexibility index (Phi) is 3.23. The van der Waals surface area contributed by atoms with E-state index in [1.165, 1.54) is 24.3 Å². The number of nitrogens with one attached hydrogen (secondary N) is 1. The van der Waals surface area contributed by atoms with Gasteiger partial charge in [-0.05, 0) is 24.8 Å². The van der Waals surface area contributed by atoms with Crippen molar-refractivity contribution in [2.75, 3.05) is 13.1 Å². The first-order valence-corrected chi connectivity index (χ1v) is 6.99. The molecule has 0 atom stereocenters. The summed E-state index contributed by atoms with van der Waals surface area (Å²) in [6, 6.07) is 4.29. The van der Waals surface area contributed by atoms with Crippen molar-refractivity contribution in [3.05, 3.63) is 34.2 Å². The Hall–Kier alpha value is -1.66. The number of carbonyl (C=O) groups is 1. The lowest BCUT2D eigenvalue weighted by molar-refractivity contribution is 0.0696. The molecule has 1 aromatic rings. The summed E-state index contributed by atoms with van der Waals surface area (Å²) in [6.07, 6.45) is 1.44. The summed E-state index contributed by atoms with van der Waals surface area (Å²) in [4.78, 5) is 11.3. The fourth-order valence-electron chi connectivity index (χ4n) is 1.89. The summed E-state index contributed by atoms with van der Waals surface area (Å²) in [5.41, 5.74) is 0.292. The molecule has 0 saturated carbocycles. The molecule has 2 N–H and O–H groups in total. The second-order valence-corrected chi connectivity index (χ2v) is 5.89. The van der Waals surface area contributed by atoms with Crippen molar-refractivity contribution in [3.63, 3.8) is 0 Å². The van der Waals surface area contributed by atoms with Gasteiger partial charge in [-0.2, -0.15) is 0 Å². The summed E-state index contributed by atoms with van der Waals surface area (Å²) >= 11 is 0. The van der Waals surface area contributed by atoms with Gasteiger partial charge in [-0.25, -0.2) is 13.2 Å². The van der Waals surface area contributed by atoms with Gasteiger partial charge in [0.05, 0.1) is 15.4 Å². The molecule has 5 nitrogen and oxygen atoms in total. The third-order valence-electron chi connectivity index (χ3n) is 2.79. The first kappa shape index (κ1) is 12.8. The van der Waals surface area contributed by atoms with Crippen LogP contribution in [0.5, 0.6) is 0 Å². The first-order chi connectivity index (χ1) is 8.48. The molecule has 1 heterocycles. The van der Waals surface area contributed by atoms with Gasteiger partial charge in [0.1, 0.15) is 0 Å². The molecule has 0 aliphatic carbocycles. The summed E-state index contributed by atoms with van der Waals surface area (Å²) in [5, 5.41) is 12.0. The van der Waals surface area contributed by atoms with Gasteiger partial charge in [0, 0.05) is 12.1 Å².